The van der Waals surface area contributed by atoms with Crippen molar-refractivity contribution < 1.29 is 13.2 Å². The van der Waals surface area contributed by atoms with Crippen LogP contribution in [0.15, 0.2) is 34.8 Å². The maximum absolute atomic E-state index is 13.4. The Hall–Kier alpha value is -1.20. The second-order valence-electron chi connectivity index (χ2n) is 3.85. The van der Waals surface area contributed by atoms with Gasteiger partial charge < -0.3 is 5.32 Å². The van der Waals surface area contributed by atoms with Crippen LogP contribution in [0.2, 0.25) is 5.02 Å². The van der Waals surface area contributed by atoms with Gasteiger partial charge in [-0.25, -0.2) is 13.2 Å². The van der Waals surface area contributed by atoms with Gasteiger partial charge >= 0.3 is 0 Å². The average Bonchev–Trinajstić information content (AvgIpc) is 2.36. The Balaban J connectivity index is 2.16. The summed E-state index contributed by atoms with van der Waals surface area (Å²) in [5.41, 5.74) is 0.536. The molecule has 0 amide bonds. The summed E-state index contributed by atoms with van der Waals surface area (Å²) in [5, 5.41) is 3.13. The minimum absolute atomic E-state index is 0.201. The van der Waals surface area contributed by atoms with Gasteiger partial charge in [0.25, 0.3) is 0 Å². The van der Waals surface area contributed by atoms with E-state index in [9.17, 15) is 13.2 Å². The van der Waals surface area contributed by atoms with Crippen LogP contribution in [0.4, 0.5) is 18.9 Å². The SMILES string of the molecule is Fc1cc(F)c(F)c(NCc2ccc(Br)c(Cl)c2)c1. The molecule has 0 heterocycles. The van der Waals surface area contributed by atoms with Crippen molar-refractivity contribution in [2.45, 2.75) is 6.54 Å². The molecule has 0 unspecified atom stereocenters. The highest BCUT2D eigenvalue weighted by atomic mass is 79.9. The molecular weight excluding hydrogens is 343 g/mol. The fourth-order valence-corrected chi connectivity index (χ4v) is 1.98. The summed E-state index contributed by atoms with van der Waals surface area (Å²) in [4.78, 5) is 0. The van der Waals surface area contributed by atoms with E-state index < -0.39 is 17.5 Å². The van der Waals surface area contributed by atoms with Gasteiger partial charge in [-0.15, -0.1) is 0 Å². The highest BCUT2D eigenvalue weighted by molar-refractivity contribution is 9.10. The van der Waals surface area contributed by atoms with Crippen molar-refractivity contribution in [3.05, 3.63) is 62.8 Å². The van der Waals surface area contributed by atoms with Gasteiger partial charge in [-0.05, 0) is 33.6 Å². The number of hydrogen-bond acceptors (Lipinski definition) is 1. The van der Waals surface area contributed by atoms with Crippen molar-refractivity contribution in [2.75, 3.05) is 5.32 Å². The Kier molecular flexibility index (Phi) is 4.37. The molecule has 2 rings (SSSR count). The van der Waals surface area contributed by atoms with E-state index in [2.05, 4.69) is 21.2 Å². The molecule has 0 atom stereocenters. The zero-order valence-corrected chi connectivity index (χ0v) is 11.8. The third kappa shape index (κ3) is 3.42. The van der Waals surface area contributed by atoms with Gasteiger partial charge in [-0.2, -0.15) is 0 Å². The Bertz CT molecular complexity index is 619. The first kappa shape index (κ1) is 14.2. The van der Waals surface area contributed by atoms with Gasteiger partial charge in [0.15, 0.2) is 11.6 Å². The first-order chi connectivity index (χ1) is 8.97. The predicted octanol–water partition coefficient (Wildman–Crippen LogP) is 5.13. The fraction of sp³-hybridized carbons (Fsp3) is 0.0769. The van der Waals surface area contributed by atoms with Crippen LogP contribution in [0.25, 0.3) is 0 Å². The van der Waals surface area contributed by atoms with E-state index in [0.717, 1.165) is 16.1 Å². The van der Waals surface area contributed by atoms with E-state index in [0.29, 0.717) is 11.1 Å². The molecule has 0 spiro atoms. The van der Waals surface area contributed by atoms with Gasteiger partial charge in [0.05, 0.1) is 10.7 Å². The van der Waals surface area contributed by atoms with Crippen LogP contribution >= 0.6 is 27.5 Å². The Labute approximate surface area is 121 Å². The van der Waals surface area contributed by atoms with Crippen LogP contribution in [0, 0.1) is 17.5 Å². The summed E-state index contributed by atoms with van der Waals surface area (Å²) in [6.07, 6.45) is 0. The largest absolute Gasteiger partial charge is 0.378 e. The molecule has 0 aliphatic carbocycles. The van der Waals surface area contributed by atoms with E-state index >= 15 is 0 Å². The van der Waals surface area contributed by atoms with Crippen LogP contribution in [-0.4, -0.2) is 0 Å². The minimum Gasteiger partial charge on any atom is -0.378 e. The van der Waals surface area contributed by atoms with E-state index in [4.69, 9.17) is 11.6 Å². The smallest absolute Gasteiger partial charge is 0.182 e. The van der Waals surface area contributed by atoms with Crippen molar-refractivity contribution in [3.63, 3.8) is 0 Å². The van der Waals surface area contributed by atoms with Gasteiger partial charge in [0.2, 0.25) is 0 Å². The highest BCUT2D eigenvalue weighted by Gasteiger charge is 2.10. The third-order valence-corrected chi connectivity index (χ3v) is 3.69. The summed E-state index contributed by atoms with van der Waals surface area (Å²) < 4.78 is 40.1. The van der Waals surface area contributed by atoms with Crippen molar-refractivity contribution in [2.24, 2.45) is 0 Å². The number of anilines is 1. The normalized spacial score (nSPS) is 10.6. The molecular formula is C13H8BrClF3N. The number of rotatable bonds is 3. The second kappa shape index (κ2) is 5.84. The lowest BCUT2D eigenvalue weighted by atomic mass is 10.2. The van der Waals surface area contributed by atoms with E-state index in [-0.39, 0.29) is 12.2 Å². The van der Waals surface area contributed by atoms with E-state index in [1.54, 1.807) is 18.2 Å². The van der Waals surface area contributed by atoms with Gasteiger partial charge in [0, 0.05) is 23.2 Å². The lowest BCUT2D eigenvalue weighted by Crippen LogP contribution is -2.03. The molecule has 0 saturated carbocycles. The maximum Gasteiger partial charge on any atom is 0.182 e. The van der Waals surface area contributed by atoms with Crippen LogP contribution in [0.1, 0.15) is 5.56 Å². The minimum atomic E-state index is -1.23. The van der Waals surface area contributed by atoms with E-state index in [1.165, 1.54) is 0 Å². The summed E-state index contributed by atoms with van der Waals surface area (Å²) in [5.74, 6) is -3.17. The lowest BCUT2D eigenvalue weighted by molar-refractivity contribution is 0.497. The summed E-state index contributed by atoms with van der Waals surface area (Å²) in [6.45, 7) is 0.201. The van der Waals surface area contributed by atoms with Crippen molar-refractivity contribution >= 4 is 33.2 Å². The van der Waals surface area contributed by atoms with E-state index in [1.807, 2.05) is 0 Å². The molecule has 0 aromatic heterocycles. The monoisotopic (exact) mass is 349 g/mol. The molecule has 0 aliphatic rings. The second-order valence-corrected chi connectivity index (χ2v) is 5.11. The Morgan fingerprint density at radius 1 is 1.11 bits per heavy atom. The van der Waals surface area contributed by atoms with Crippen LogP contribution in [0.5, 0.6) is 0 Å². The fourth-order valence-electron chi connectivity index (χ4n) is 1.53. The Morgan fingerprint density at radius 3 is 2.53 bits per heavy atom. The van der Waals surface area contributed by atoms with Crippen LogP contribution in [0.3, 0.4) is 0 Å². The third-order valence-electron chi connectivity index (χ3n) is 2.46. The number of hydrogen-bond donors (Lipinski definition) is 1. The molecule has 0 fully saturated rings. The summed E-state index contributed by atoms with van der Waals surface area (Å²) in [6, 6.07) is 6.57. The molecule has 6 heteroatoms. The first-order valence-electron chi connectivity index (χ1n) is 5.29. The average molecular weight is 351 g/mol. The first-order valence-corrected chi connectivity index (χ1v) is 6.47. The standard InChI is InChI=1S/C13H8BrClF3N/c14-9-2-1-7(3-10(9)15)6-19-12-5-8(16)4-11(17)13(12)18/h1-5,19H,6H2. The van der Waals surface area contributed by atoms with Crippen molar-refractivity contribution in [1.29, 1.82) is 0 Å². The molecule has 2 aromatic rings. The van der Waals surface area contributed by atoms with Crippen LogP contribution in [-0.2, 0) is 6.54 Å². The molecule has 19 heavy (non-hydrogen) atoms. The molecule has 1 N–H and O–H groups in total. The van der Waals surface area contributed by atoms with Crippen LogP contribution < -0.4 is 5.32 Å². The summed E-state index contributed by atoms with van der Waals surface area (Å²) in [7, 11) is 0. The number of nitrogens with one attached hydrogen (secondary N) is 1. The zero-order chi connectivity index (χ0) is 14.0. The number of halogens is 5. The number of benzene rings is 2. The maximum atomic E-state index is 13.4. The molecule has 0 bridgehead atoms. The molecule has 1 nitrogen and oxygen atoms in total. The molecule has 2 aromatic carbocycles. The predicted molar refractivity (Wildman–Crippen MR) is 72.8 cm³/mol. The van der Waals surface area contributed by atoms with Gasteiger partial charge in [0.1, 0.15) is 5.82 Å². The lowest BCUT2D eigenvalue weighted by Gasteiger charge is -2.09. The Morgan fingerprint density at radius 2 is 1.84 bits per heavy atom. The molecule has 0 aliphatic heterocycles. The summed E-state index contributed by atoms with van der Waals surface area (Å²) >= 11 is 9.15. The quantitative estimate of drug-likeness (QED) is 0.757. The van der Waals surface area contributed by atoms with Crippen molar-refractivity contribution in [3.8, 4) is 0 Å². The topological polar surface area (TPSA) is 12.0 Å². The molecule has 0 saturated heterocycles. The highest BCUT2D eigenvalue weighted by Crippen LogP contribution is 2.24. The zero-order valence-electron chi connectivity index (χ0n) is 9.48. The van der Waals surface area contributed by atoms with Gasteiger partial charge in [-0.1, -0.05) is 17.7 Å². The molecule has 100 valence electrons. The van der Waals surface area contributed by atoms with Crippen molar-refractivity contribution in [1.82, 2.24) is 0 Å². The van der Waals surface area contributed by atoms with Gasteiger partial charge in [-0.3, -0.25) is 0 Å². The molecule has 0 radical (unpaired) electrons.